The molecule has 2 atom stereocenters. The van der Waals surface area contributed by atoms with Gasteiger partial charge in [0.05, 0.1) is 6.10 Å². The Hall–Kier alpha value is -3.72. The van der Waals surface area contributed by atoms with Gasteiger partial charge >= 0.3 is 0 Å². The predicted molar refractivity (Wildman–Crippen MR) is 133 cm³/mol. The summed E-state index contributed by atoms with van der Waals surface area (Å²) >= 11 is 0. The molecule has 0 aromatic heterocycles. The topological polar surface area (TPSA) is 40.5 Å². The molecule has 0 heterocycles. The minimum Gasteiger partial charge on any atom is -0.384 e. The number of rotatable bonds is 5. The van der Waals surface area contributed by atoms with E-state index >= 15 is 0 Å². The van der Waals surface area contributed by atoms with E-state index in [2.05, 4.69) is 36.9 Å². The van der Waals surface area contributed by atoms with Crippen LogP contribution in [-0.2, 0) is 0 Å². The number of aliphatic hydroxyl groups is 2. The Labute approximate surface area is 187 Å². The monoisotopic (exact) mass is 416 g/mol. The fraction of sp³-hybridized carbons (Fsp3) is 0.0667. The Bertz CT molecular complexity index is 1420. The first kappa shape index (κ1) is 20.2. The van der Waals surface area contributed by atoms with Crippen LogP contribution in [0.1, 0.15) is 28.9 Å². The van der Waals surface area contributed by atoms with E-state index in [1.807, 2.05) is 72.8 Å². The first-order chi connectivity index (χ1) is 15.7. The third-order valence-electron chi connectivity index (χ3n) is 6.12. The van der Waals surface area contributed by atoms with Gasteiger partial charge in [0.15, 0.2) is 0 Å². The predicted octanol–water partition coefficient (Wildman–Crippen LogP) is 6.96. The van der Waals surface area contributed by atoms with Crippen LogP contribution in [0.2, 0.25) is 0 Å². The molecule has 5 rings (SSSR count). The molecule has 0 spiro atoms. The highest BCUT2D eigenvalue weighted by Gasteiger charge is 2.23. The van der Waals surface area contributed by atoms with Crippen LogP contribution in [0.4, 0.5) is 0 Å². The summed E-state index contributed by atoms with van der Waals surface area (Å²) in [5.74, 6) is 0. The normalized spacial score (nSPS) is 13.2. The number of hydrogen-bond donors (Lipinski definition) is 2. The average molecular weight is 417 g/mol. The van der Waals surface area contributed by atoms with Gasteiger partial charge in [-0.1, -0.05) is 109 Å². The van der Waals surface area contributed by atoms with Crippen molar-refractivity contribution in [1.82, 2.24) is 0 Å². The summed E-state index contributed by atoms with van der Waals surface area (Å²) < 4.78 is 0. The summed E-state index contributed by atoms with van der Waals surface area (Å²) in [6, 6.07) is 34.1. The van der Waals surface area contributed by atoms with E-state index in [4.69, 9.17) is 0 Å². The SMILES string of the molecule is C=CC(O)c1ccc2ccccc2c1-c1c(C(O)c2ccccc2)ccc2ccccc12. The molecule has 5 aromatic rings. The summed E-state index contributed by atoms with van der Waals surface area (Å²) in [7, 11) is 0. The van der Waals surface area contributed by atoms with Crippen LogP contribution in [0.5, 0.6) is 0 Å². The summed E-state index contributed by atoms with van der Waals surface area (Å²) in [6.45, 7) is 3.82. The number of hydrogen-bond acceptors (Lipinski definition) is 2. The highest BCUT2D eigenvalue weighted by atomic mass is 16.3. The summed E-state index contributed by atoms with van der Waals surface area (Å²) in [5, 5.41) is 26.6. The Morgan fingerprint density at radius 3 is 1.66 bits per heavy atom. The molecule has 2 unspecified atom stereocenters. The summed E-state index contributed by atoms with van der Waals surface area (Å²) in [5.41, 5.74) is 4.28. The second-order valence-electron chi connectivity index (χ2n) is 8.00. The smallest absolute Gasteiger partial charge is 0.105 e. The lowest BCUT2D eigenvalue weighted by Crippen LogP contribution is -2.05. The average Bonchev–Trinajstić information content (AvgIpc) is 2.87. The van der Waals surface area contributed by atoms with Crippen LogP contribution < -0.4 is 0 Å². The Kier molecular flexibility index (Phi) is 5.32. The minimum atomic E-state index is -0.824. The van der Waals surface area contributed by atoms with Crippen molar-refractivity contribution in [3.8, 4) is 11.1 Å². The van der Waals surface area contributed by atoms with Gasteiger partial charge in [-0.15, -0.1) is 6.58 Å². The van der Waals surface area contributed by atoms with Gasteiger partial charge in [-0.2, -0.15) is 0 Å². The third-order valence-corrected chi connectivity index (χ3v) is 6.12. The van der Waals surface area contributed by atoms with E-state index in [1.165, 1.54) is 0 Å². The lowest BCUT2D eigenvalue weighted by Gasteiger charge is -2.23. The number of benzene rings is 5. The van der Waals surface area contributed by atoms with Crippen molar-refractivity contribution in [1.29, 1.82) is 0 Å². The van der Waals surface area contributed by atoms with Gasteiger partial charge in [-0.05, 0) is 49.4 Å². The van der Waals surface area contributed by atoms with Gasteiger partial charge in [-0.25, -0.2) is 0 Å². The Morgan fingerprint density at radius 2 is 1.06 bits per heavy atom. The molecule has 5 aromatic carbocycles. The molecule has 0 aliphatic rings. The van der Waals surface area contributed by atoms with Gasteiger partial charge in [0.2, 0.25) is 0 Å². The molecular formula is C30H24O2. The van der Waals surface area contributed by atoms with E-state index in [1.54, 1.807) is 6.08 Å². The molecule has 0 aliphatic carbocycles. The molecule has 2 heteroatoms. The van der Waals surface area contributed by atoms with Crippen LogP contribution in [0.3, 0.4) is 0 Å². The van der Waals surface area contributed by atoms with Crippen molar-refractivity contribution >= 4 is 21.5 Å². The maximum absolute atomic E-state index is 11.5. The van der Waals surface area contributed by atoms with Crippen LogP contribution in [0.15, 0.2) is 116 Å². The summed E-state index contributed by atoms with van der Waals surface area (Å²) in [6.07, 6.45) is -0.0785. The molecule has 2 nitrogen and oxygen atoms in total. The molecule has 156 valence electrons. The lowest BCUT2D eigenvalue weighted by molar-refractivity contribution is 0.220. The maximum atomic E-state index is 11.5. The number of aliphatic hydroxyl groups excluding tert-OH is 2. The van der Waals surface area contributed by atoms with E-state index in [-0.39, 0.29) is 0 Å². The lowest BCUT2D eigenvalue weighted by atomic mass is 9.83. The zero-order valence-corrected chi connectivity index (χ0v) is 17.6. The standard InChI is InChI=1S/C30H24O2/c1-2-27(31)25-18-16-20-10-6-8-14-23(20)28(25)29-24-15-9-7-11-21(24)17-19-26(29)30(32)22-12-4-3-5-13-22/h2-19,27,30-32H,1H2. The minimum absolute atomic E-state index is 0.775. The fourth-order valence-corrected chi connectivity index (χ4v) is 4.55. The highest BCUT2D eigenvalue weighted by molar-refractivity contribution is 6.08. The molecular weight excluding hydrogens is 392 g/mol. The van der Waals surface area contributed by atoms with Gasteiger partial charge in [0, 0.05) is 0 Å². The van der Waals surface area contributed by atoms with E-state index < -0.39 is 12.2 Å². The van der Waals surface area contributed by atoms with E-state index in [0.717, 1.165) is 49.4 Å². The van der Waals surface area contributed by atoms with Gasteiger partial charge in [0.1, 0.15) is 6.10 Å². The van der Waals surface area contributed by atoms with E-state index in [9.17, 15) is 10.2 Å². The highest BCUT2D eigenvalue weighted by Crippen LogP contribution is 2.43. The van der Waals surface area contributed by atoms with Crippen molar-refractivity contribution in [2.45, 2.75) is 12.2 Å². The van der Waals surface area contributed by atoms with Crippen molar-refractivity contribution in [3.05, 3.63) is 132 Å². The van der Waals surface area contributed by atoms with Crippen LogP contribution >= 0.6 is 0 Å². The second-order valence-corrected chi connectivity index (χ2v) is 8.00. The fourth-order valence-electron chi connectivity index (χ4n) is 4.55. The zero-order valence-electron chi connectivity index (χ0n) is 17.6. The summed E-state index contributed by atoms with van der Waals surface area (Å²) in [4.78, 5) is 0. The first-order valence-electron chi connectivity index (χ1n) is 10.8. The first-order valence-corrected chi connectivity index (χ1v) is 10.8. The molecule has 0 radical (unpaired) electrons. The van der Waals surface area contributed by atoms with Gasteiger partial charge in [-0.3, -0.25) is 0 Å². The van der Waals surface area contributed by atoms with Crippen molar-refractivity contribution in [2.24, 2.45) is 0 Å². The molecule has 32 heavy (non-hydrogen) atoms. The number of fused-ring (bicyclic) bond motifs is 2. The van der Waals surface area contributed by atoms with Crippen molar-refractivity contribution in [3.63, 3.8) is 0 Å². The molecule has 0 bridgehead atoms. The Balaban J connectivity index is 1.93. The molecule has 0 saturated heterocycles. The van der Waals surface area contributed by atoms with Gasteiger partial charge < -0.3 is 10.2 Å². The van der Waals surface area contributed by atoms with Crippen molar-refractivity contribution in [2.75, 3.05) is 0 Å². The maximum Gasteiger partial charge on any atom is 0.105 e. The Morgan fingerprint density at radius 1 is 0.562 bits per heavy atom. The largest absolute Gasteiger partial charge is 0.384 e. The van der Waals surface area contributed by atoms with Gasteiger partial charge in [0.25, 0.3) is 0 Å². The molecule has 0 fully saturated rings. The second kappa shape index (κ2) is 8.43. The molecule has 0 saturated carbocycles. The molecule has 2 N–H and O–H groups in total. The van der Waals surface area contributed by atoms with Crippen molar-refractivity contribution < 1.29 is 10.2 Å². The van der Waals surface area contributed by atoms with Crippen LogP contribution in [0.25, 0.3) is 32.7 Å². The third kappa shape index (κ3) is 3.40. The molecule has 0 aliphatic heterocycles. The molecule has 0 amide bonds. The zero-order chi connectivity index (χ0) is 22.1. The quantitative estimate of drug-likeness (QED) is 0.304. The van der Waals surface area contributed by atoms with Crippen LogP contribution in [-0.4, -0.2) is 10.2 Å². The van der Waals surface area contributed by atoms with Crippen LogP contribution in [0, 0.1) is 0 Å². The van der Waals surface area contributed by atoms with E-state index in [0.29, 0.717) is 0 Å².